The molecule has 57 heavy (non-hydrogen) atoms. The molecule has 0 fully saturated rings. The van der Waals surface area contributed by atoms with Gasteiger partial charge in [0.2, 0.25) is 0 Å². The molecule has 12 rings (SSSR count). The Bertz CT molecular complexity index is 3070. The molecule has 1 nitrogen and oxygen atoms in total. The highest BCUT2D eigenvalue weighted by Crippen LogP contribution is 2.63. The van der Waals surface area contributed by atoms with Gasteiger partial charge >= 0.3 is 0 Å². The first-order valence-corrected chi connectivity index (χ1v) is 20.1. The highest BCUT2D eigenvalue weighted by molar-refractivity contribution is 6.07. The molecule has 0 saturated carbocycles. The van der Waals surface area contributed by atoms with E-state index in [-0.39, 0.29) is 10.8 Å². The van der Waals surface area contributed by atoms with E-state index in [9.17, 15) is 0 Å². The van der Waals surface area contributed by atoms with E-state index in [1.165, 1.54) is 88.7 Å². The summed E-state index contributed by atoms with van der Waals surface area (Å²) in [4.78, 5) is 2.41. The van der Waals surface area contributed by atoms with Crippen LogP contribution in [-0.4, -0.2) is 0 Å². The van der Waals surface area contributed by atoms with Gasteiger partial charge in [0.05, 0.1) is 5.41 Å². The molecule has 0 radical (unpaired) electrons. The second-order valence-electron chi connectivity index (χ2n) is 16.4. The Morgan fingerprint density at radius 2 is 0.877 bits per heavy atom. The van der Waals surface area contributed by atoms with Crippen LogP contribution in [0.1, 0.15) is 47.2 Å². The van der Waals surface area contributed by atoms with Crippen LogP contribution < -0.4 is 4.90 Å². The third kappa shape index (κ3) is 4.34. The standard InChI is InChI=1S/C56H39N/c1-55(2)48-23-10-6-19-43(48)46-31-29-41(35-53(46)55)57(39-16-4-3-5-17-39)40-18-14-15-36(34-40)37-27-30-42-38(33-37)28-32-52-54(42)47-22-9-13-26-51(47)56(52)49-24-11-7-20-44(49)45-21-8-12-25-50(45)56/h3-35H,1-2H3. The van der Waals surface area contributed by atoms with Crippen molar-refractivity contribution in [1.82, 2.24) is 0 Å². The summed E-state index contributed by atoms with van der Waals surface area (Å²) in [6.07, 6.45) is 0. The number of nitrogens with zero attached hydrogens (tertiary/aromatic N) is 1. The average Bonchev–Trinajstić information content (AvgIpc) is 3.83. The van der Waals surface area contributed by atoms with Crippen LogP contribution >= 0.6 is 0 Å². The number of benzene rings is 9. The number of hydrogen-bond acceptors (Lipinski definition) is 1. The highest BCUT2D eigenvalue weighted by Gasteiger charge is 2.51. The minimum Gasteiger partial charge on any atom is -0.310 e. The zero-order valence-electron chi connectivity index (χ0n) is 32.0. The van der Waals surface area contributed by atoms with Crippen molar-refractivity contribution in [3.63, 3.8) is 0 Å². The van der Waals surface area contributed by atoms with Crippen LogP contribution in [0, 0.1) is 0 Å². The van der Waals surface area contributed by atoms with Gasteiger partial charge in [-0.15, -0.1) is 0 Å². The van der Waals surface area contributed by atoms with Crippen molar-refractivity contribution in [3.8, 4) is 44.5 Å². The van der Waals surface area contributed by atoms with Crippen molar-refractivity contribution in [2.75, 3.05) is 4.90 Å². The Hall–Kier alpha value is -6.96. The zero-order valence-corrected chi connectivity index (χ0v) is 32.0. The Balaban J connectivity index is 0.994. The molecule has 0 saturated heterocycles. The molecule has 1 heteroatoms. The maximum Gasteiger partial charge on any atom is 0.0725 e. The number of fused-ring (bicyclic) bond motifs is 15. The van der Waals surface area contributed by atoms with Crippen LogP contribution in [-0.2, 0) is 10.8 Å². The molecule has 0 aromatic heterocycles. The SMILES string of the molecule is CC1(C)c2ccccc2-c2ccc(N(c3ccccc3)c3cccc(-c4ccc5c6c(ccc5c4)C4(c5ccccc5-c5ccccc54)c4ccccc4-6)c3)cc21. The van der Waals surface area contributed by atoms with Crippen molar-refractivity contribution >= 4 is 27.8 Å². The lowest BCUT2D eigenvalue weighted by atomic mass is 9.70. The summed E-state index contributed by atoms with van der Waals surface area (Å²) in [6, 6.07) is 74.8. The van der Waals surface area contributed by atoms with Gasteiger partial charge in [-0.3, -0.25) is 0 Å². The van der Waals surface area contributed by atoms with E-state index in [2.05, 4.69) is 219 Å². The fourth-order valence-corrected chi connectivity index (χ4v) is 10.8. The highest BCUT2D eigenvalue weighted by atomic mass is 15.1. The van der Waals surface area contributed by atoms with Gasteiger partial charge in [0.15, 0.2) is 0 Å². The van der Waals surface area contributed by atoms with Crippen LogP contribution in [0.3, 0.4) is 0 Å². The predicted octanol–water partition coefficient (Wildman–Crippen LogP) is 14.6. The molecule has 3 aliphatic rings. The summed E-state index contributed by atoms with van der Waals surface area (Å²) < 4.78 is 0. The summed E-state index contributed by atoms with van der Waals surface area (Å²) in [5.41, 5.74) is 21.7. The smallest absolute Gasteiger partial charge is 0.0725 e. The summed E-state index contributed by atoms with van der Waals surface area (Å²) in [6.45, 7) is 4.71. The maximum atomic E-state index is 2.42. The topological polar surface area (TPSA) is 3.24 Å². The van der Waals surface area contributed by atoms with E-state index in [4.69, 9.17) is 0 Å². The lowest BCUT2D eigenvalue weighted by Gasteiger charge is -2.30. The van der Waals surface area contributed by atoms with Gasteiger partial charge in [-0.25, -0.2) is 0 Å². The van der Waals surface area contributed by atoms with Crippen molar-refractivity contribution in [2.45, 2.75) is 24.7 Å². The fourth-order valence-electron chi connectivity index (χ4n) is 10.8. The minimum absolute atomic E-state index is 0.0812. The van der Waals surface area contributed by atoms with Gasteiger partial charge in [0.25, 0.3) is 0 Å². The minimum atomic E-state index is -0.337. The molecule has 0 heterocycles. The monoisotopic (exact) mass is 725 g/mol. The van der Waals surface area contributed by atoms with Crippen LogP contribution in [0.5, 0.6) is 0 Å². The van der Waals surface area contributed by atoms with E-state index < -0.39 is 0 Å². The summed E-state index contributed by atoms with van der Waals surface area (Å²) >= 11 is 0. The van der Waals surface area contributed by atoms with Gasteiger partial charge in [-0.1, -0.05) is 172 Å². The van der Waals surface area contributed by atoms with Gasteiger partial charge < -0.3 is 4.90 Å². The normalized spacial score (nSPS) is 14.4. The van der Waals surface area contributed by atoms with Crippen LogP contribution in [0.25, 0.3) is 55.3 Å². The summed E-state index contributed by atoms with van der Waals surface area (Å²) in [7, 11) is 0. The quantitative estimate of drug-likeness (QED) is 0.175. The van der Waals surface area contributed by atoms with Crippen molar-refractivity contribution in [2.24, 2.45) is 0 Å². The molecule has 9 aromatic carbocycles. The van der Waals surface area contributed by atoms with Crippen molar-refractivity contribution < 1.29 is 0 Å². The van der Waals surface area contributed by atoms with Crippen LogP contribution in [0.4, 0.5) is 17.1 Å². The molecule has 0 unspecified atom stereocenters. The second-order valence-corrected chi connectivity index (χ2v) is 16.4. The Labute approximate surface area is 334 Å². The fraction of sp³-hybridized carbons (Fsp3) is 0.0714. The number of rotatable bonds is 4. The molecule has 0 atom stereocenters. The van der Waals surface area contributed by atoms with Gasteiger partial charge in [0, 0.05) is 22.5 Å². The second kappa shape index (κ2) is 11.8. The Kier molecular flexibility index (Phi) is 6.67. The summed E-state index contributed by atoms with van der Waals surface area (Å²) in [5, 5.41) is 2.55. The summed E-state index contributed by atoms with van der Waals surface area (Å²) in [5.74, 6) is 0. The Morgan fingerprint density at radius 1 is 0.333 bits per heavy atom. The third-order valence-electron chi connectivity index (χ3n) is 13.3. The molecule has 268 valence electrons. The molecular weight excluding hydrogens is 687 g/mol. The molecule has 0 amide bonds. The first kappa shape index (κ1) is 32.3. The van der Waals surface area contributed by atoms with Gasteiger partial charge in [-0.05, 0) is 131 Å². The largest absolute Gasteiger partial charge is 0.310 e. The van der Waals surface area contributed by atoms with E-state index in [0.717, 1.165) is 17.1 Å². The average molecular weight is 726 g/mol. The van der Waals surface area contributed by atoms with E-state index >= 15 is 0 Å². The van der Waals surface area contributed by atoms with Crippen LogP contribution in [0.15, 0.2) is 200 Å². The Morgan fingerprint density at radius 3 is 1.60 bits per heavy atom. The first-order valence-electron chi connectivity index (χ1n) is 20.1. The van der Waals surface area contributed by atoms with Crippen molar-refractivity contribution in [3.05, 3.63) is 234 Å². The third-order valence-corrected chi connectivity index (χ3v) is 13.3. The molecule has 0 aliphatic heterocycles. The lowest BCUT2D eigenvalue weighted by Crippen LogP contribution is -2.25. The maximum absolute atomic E-state index is 2.42. The van der Waals surface area contributed by atoms with E-state index in [1.54, 1.807) is 0 Å². The molecule has 3 aliphatic carbocycles. The molecular formula is C56H39N. The number of hydrogen-bond donors (Lipinski definition) is 0. The molecule has 0 N–H and O–H groups in total. The predicted molar refractivity (Wildman–Crippen MR) is 238 cm³/mol. The zero-order chi connectivity index (χ0) is 37.9. The number of para-hydroxylation sites is 1. The van der Waals surface area contributed by atoms with Crippen LogP contribution in [0.2, 0.25) is 0 Å². The van der Waals surface area contributed by atoms with Crippen molar-refractivity contribution in [1.29, 1.82) is 0 Å². The van der Waals surface area contributed by atoms with E-state index in [0.29, 0.717) is 0 Å². The molecule has 9 aromatic rings. The number of anilines is 3. The lowest BCUT2D eigenvalue weighted by molar-refractivity contribution is 0.660. The van der Waals surface area contributed by atoms with E-state index in [1.807, 2.05) is 0 Å². The molecule has 1 spiro atoms. The first-order chi connectivity index (χ1) is 28.0. The van der Waals surface area contributed by atoms with Gasteiger partial charge in [0.1, 0.15) is 0 Å². The van der Waals surface area contributed by atoms with Gasteiger partial charge in [-0.2, -0.15) is 0 Å². The molecule has 0 bridgehead atoms.